The van der Waals surface area contributed by atoms with Crippen molar-refractivity contribution in [3.05, 3.63) is 69.4 Å². The number of nitrogens with zero attached hydrogens (tertiary/aromatic N) is 2. The number of para-hydroxylation sites is 1. The highest BCUT2D eigenvalue weighted by molar-refractivity contribution is 7.18. The van der Waals surface area contributed by atoms with E-state index in [1.165, 1.54) is 22.2 Å². The summed E-state index contributed by atoms with van der Waals surface area (Å²) in [4.78, 5) is 31.4. The van der Waals surface area contributed by atoms with E-state index in [1.54, 1.807) is 18.4 Å². The van der Waals surface area contributed by atoms with E-state index >= 15 is 0 Å². The van der Waals surface area contributed by atoms with Crippen molar-refractivity contribution < 1.29 is 9.53 Å². The van der Waals surface area contributed by atoms with Gasteiger partial charge in [0.05, 0.1) is 18.8 Å². The van der Waals surface area contributed by atoms with Gasteiger partial charge in [-0.15, -0.1) is 22.7 Å². The second-order valence-electron chi connectivity index (χ2n) is 6.40. The SMILES string of the molecule is COc1ccccc1CCNC(=O)Cn1cnc2scc(-c3cccs3)c2c1=O. The number of rotatable bonds is 7. The second kappa shape index (κ2) is 8.59. The lowest BCUT2D eigenvalue weighted by Gasteiger charge is -2.10. The maximum absolute atomic E-state index is 13.0. The normalized spacial score (nSPS) is 10.9. The summed E-state index contributed by atoms with van der Waals surface area (Å²) in [6, 6.07) is 11.6. The number of hydrogen-bond donors (Lipinski definition) is 1. The third-order valence-electron chi connectivity index (χ3n) is 4.57. The molecular formula is C21H19N3O3S2. The molecule has 4 rings (SSSR count). The largest absolute Gasteiger partial charge is 0.496 e. The average Bonchev–Trinajstić information content (AvgIpc) is 3.40. The topological polar surface area (TPSA) is 73.2 Å². The fraction of sp³-hybridized carbons (Fsp3) is 0.190. The van der Waals surface area contributed by atoms with Crippen LogP contribution in [0, 0.1) is 0 Å². The molecule has 0 atom stereocenters. The van der Waals surface area contributed by atoms with E-state index in [2.05, 4.69) is 10.3 Å². The Labute approximate surface area is 175 Å². The number of carbonyl (C=O) groups excluding carboxylic acids is 1. The molecule has 6 nitrogen and oxygen atoms in total. The van der Waals surface area contributed by atoms with Gasteiger partial charge in [0, 0.05) is 22.4 Å². The van der Waals surface area contributed by atoms with Gasteiger partial charge in [-0.2, -0.15) is 0 Å². The van der Waals surface area contributed by atoms with Crippen LogP contribution in [0.25, 0.3) is 20.7 Å². The molecule has 1 amide bonds. The van der Waals surface area contributed by atoms with Gasteiger partial charge in [0.1, 0.15) is 17.1 Å². The quantitative estimate of drug-likeness (QED) is 0.491. The van der Waals surface area contributed by atoms with E-state index < -0.39 is 0 Å². The molecule has 0 spiro atoms. The number of fused-ring (bicyclic) bond motifs is 1. The zero-order valence-electron chi connectivity index (χ0n) is 15.8. The smallest absolute Gasteiger partial charge is 0.263 e. The lowest BCUT2D eigenvalue weighted by atomic mass is 10.1. The van der Waals surface area contributed by atoms with E-state index in [0.717, 1.165) is 21.8 Å². The molecule has 1 N–H and O–H groups in total. The van der Waals surface area contributed by atoms with E-state index in [-0.39, 0.29) is 18.0 Å². The van der Waals surface area contributed by atoms with E-state index in [9.17, 15) is 9.59 Å². The number of nitrogens with one attached hydrogen (secondary N) is 1. The molecule has 3 aromatic heterocycles. The Morgan fingerprint density at radius 1 is 1.21 bits per heavy atom. The van der Waals surface area contributed by atoms with E-state index in [1.807, 2.05) is 47.2 Å². The number of amides is 1. The highest BCUT2D eigenvalue weighted by atomic mass is 32.1. The molecule has 1 aromatic carbocycles. The Morgan fingerprint density at radius 3 is 2.86 bits per heavy atom. The Morgan fingerprint density at radius 2 is 2.07 bits per heavy atom. The molecule has 0 unspecified atom stereocenters. The Kier molecular flexibility index (Phi) is 5.73. The van der Waals surface area contributed by atoms with Crippen molar-refractivity contribution >= 4 is 38.8 Å². The number of benzene rings is 1. The standard InChI is InChI=1S/C21H19N3O3S2/c1-27-16-6-3-2-5-14(16)8-9-22-18(25)11-24-13-23-20-19(21(24)26)15(12-29-20)17-7-4-10-28-17/h2-7,10,12-13H,8-9,11H2,1H3,(H,22,25). The van der Waals surface area contributed by atoms with Crippen LogP contribution in [0.1, 0.15) is 5.56 Å². The number of carbonyl (C=O) groups is 1. The lowest BCUT2D eigenvalue weighted by molar-refractivity contribution is -0.121. The monoisotopic (exact) mass is 425 g/mol. The second-order valence-corrected chi connectivity index (χ2v) is 8.20. The van der Waals surface area contributed by atoms with Crippen molar-refractivity contribution in [1.29, 1.82) is 0 Å². The number of thiophene rings is 2. The molecule has 0 saturated heterocycles. The van der Waals surface area contributed by atoms with Crippen molar-refractivity contribution in [2.75, 3.05) is 13.7 Å². The van der Waals surface area contributed by atoms with E-state index in [4.69, 9.17) is 4.74 Å². The van der Waals surface area contributed by atoms with Gasteiger partial charge in [-0.3, -0.25) is 14.2 Å². The summed E-state index contributed by atoms with van der Waals surface area (Å²) in [6.07, 6.45) is 2.09. The van der Waals surface area contributed by atoms with Gasteiger partial charge in [-0.05, 0) is 29.5 Å². The molecule has 148 valence electrons. The summed E-state index contributed by atoms with van der Waals surface area (Å²) in [5, 5.41) is 7.36. The molecule has 0 aliphatic rings. The number of ether oxygens (including phenoxy) is 1. The van der Waals surface area contributed by atoms with Gasteiger partial charge >= 0.3 is 0 Å². The molecule has 0 aliphatic carbocycles. The van der Waals surface area contributed by atoms with Gasteiger partial charge in [0.25, 0.3) is 5.56 Å². The van der Waals surface area contributed by atoms with Crippen molar-refractivity contribution in [3.8, 4) is 16.2 Å². The summed E-state index contributed by atoms with van der Waals surface area (Å²) in [7, 11) is 1.63. The summed E-state index contributed by atoms with van der Waals surface area (Å²) >= 11 is 3.02. The van der Waals surface area contributed by atoms with Crippen molar-refractivity contribution in [1.82, 2.24) is 14.9 Å². The maximum Gasteiger partial charge on any atom is 0.263 e. The minimum atomic E-state index is -0.226. The molecule has 0 bridgehead atoms. The first-order valence-electron chi connectivity index (χ1n) is 9.06. The first-order valence-corrected chi connectivity index (χ1v) is 10.8. The van der Waals surface area contributed by atoms with Crippen LogP contribution in [-0.2, 0) is 17.8 Å². The first kappa shape index (κ1) is 19.4. The fourth-order valence-electron chi connectivity index (χ4n) is 3.15. The molecule has 0 saturated carbocycles. The highest BCUT2D eigenvalue weighted by Crippen LogP contribution is 2.33. The van der Waals surface area contributed by atoms with Crippen LogP contribution in [0.5, 0.6) is 5.75 Å². The van der Waals surface area contributed by atoms with Gasteiger partial charge in [-0.25, -0.2) is 4.98 Å². The van der Waals surface area contributed by atoms with Gasteiger partial charge in [0.15, 0.2) is 0 Å². The molecule has 4 aromatic rings. The Bertz CT molecular complexity index is 1200. The minimum Gasteiger partial charge on any atom is -0.496 e. The first-order chi connectivity index (χ1) is 14.2. The Hall–Kier alpha value is -2.97. The van der Waals surface area contributed by atoms with Gasteiger partial charge in [-0.1, -0.05) is 24.3 Å². The zero-order valence-corrected chi connectivity index (χ0v) is 17.4. The molecular weight excluding hydrogens is 406 g/mol. The summed E-state index contributed by atoms with van der Waals surface area (Å²) in [6.45, 7) is 0.399. The van der Waals surface area contributed by atoms with Crippen molar-refractivity contribution in [2.45, 2.75) is 13.0 Å². The van der Waals surface area contributed by atoms with Crippen LogP contribution in [0.2, 0.25) is 0 Å². The molecule has 8 heteroatoms. The van der Waals surface area contributed by atoms with E-state index in [0.29, 0.717) is 23.2 Å². The minimum absolute atomic E-state index is 0.0621. The predicted octanol–water partition coefficient (Wildman–Crippen LogP) is 3.55. The molecule has 0 aliphatic heterocycles. The number of hydrogen-bond acceptors (Lipinski definition) is 6. The van der Waals surface area contributed by atoms with Crippen molar-refractivity contribution in [3.63, 3.8) is 0 Å². The molecule has 3 heterocycles. The van der Waals surface area contributed by atoms with Crippen molar-refractivity contribution in [2.24, 2.45) is 0 Å². The van der Waals surface area contributed by atoms with Crippen LogP contribution in [0.3, 0.4) is 0 Å². The summed E-state index contributed by atoms with van der Waals surface area (Å²) in [5.41, 5.74) is 1.71. The zero-order chi connectivity index (χ0) is 20.2. The molecule has 0 fully saturated rings. The maximum atomic E-state index is 13.0. The highest BCUT2D eigenvalue weighted by Gasteiger charge is 2.15. The number of methoxy groups -OCH3 is 1. The average molecular weight is 426 g/mol. The third-order valence-corrected chi connectivity index (χ3v) is 6.36. The summed E-state index contributed by atoms with van der Waals surface area (Å²) < 4.78 is 6.69. The van der Waals surface area contributed by atoms with Crippen LogP contribution in [0.4, 0.5) is 0 Å². The number of aromatic nitrogens is 2. The van der Waals surface area contributed by atoms with Gasteiger partial charge < -0.3 is 10.1 Å². The van der Waals surface area contributed by atoms with Gasteiger partial charge in [0.2, 0.25) is 5.91 Å². The molecule has 29 heavy (non-hydrogen) atoms. The lowest BCUT2D eigenvalue weighted by Crippen LogP contribution is -2.33. The summed E-state index contributed by atoms with van der Waals surface area (Å²) in [5.74, 6) is 0.572. The predicted molar refractivity (Wildman–Crippen MR) is 117 cm³/mol. The molecule has 0 radical (unpaired) electrons. The van der Waals surface area contributed by atoms with Crippen LogP contribution >= 0.6 is 22.7 Å². The van der Waals surface area contributed by atoms with Crippen LogP contribution in [0.15, 0.2) is 58.3 Å². The Balaban J connectivity index is 1.46. The fourth-order valence-corrected chi connectivity index (χ4v) is 4.87. The van der Waals surface area contributed by atoms with Crippen LogP contribution < -0.4 is 15.6 Å². The van der Waals surface area contributed by atoms with Crippen LogP contribution in [-0.4, -0.2) is 29.1 Å². The third kappa shape index (κ3) is 4.08.